The molecule has 4 aromatic rings. The molecule has 0 aromatic heterocycles. The summed E-state index contributed by atoms with van der Waals surface area (Å²) < 4.78 is 0. The van der Waals surface area contributed by atoms with Gasteiger partial charge in [0.15, 0.2) is 11.6 Å². The van der Waals surface area contributed by atoms with E-state index in [1.807, 2.05) is 84.9 Å². The van der Waals surface area contributed by atoms with Gasteiger partial charge < -0.3 is 10.6 Å². The first-order chi connectivity index (χ1) is 17.6. The molecule has 0 heterocycles. The summed E-state index contributed by atoms with van der Waals surface area (Å²) in [4.78, 5) is 30.3. The number of thioether (sulfide) groups is 2. The first kappa shape index (κ1) is 24.2. The zero-order valence-electron chi connectivity index (χ0n) is 20.1. The third kappa shape index (κ3) is 4.54. The molecule has 0 amide bonds. The molecule has 6 heteroatoms. The monoisotopic (exact) mass is 510 g/mol. The van der Waals surface area contributed by atoms with Crippen molar-refractivity contribution in [3.63, 3.8) is 0 Å². The van der Waals surface area contributed by atoms with Crippen LogP contribution in [-0.4, -0.2) is 23.1 Å². The smallest absolute Gasteiger partial charge is 0.197 e. The van der Waals surface area contributed by atoms with Crippen LogP contribution in [0.15, 0.2) is 94.7 Å². The first-order valence-corrected chi connectivity index (χ1v) is 13.9. The van der Waals surface area contributed by atoms with Gasteiger partial charge in [0.25, 0.3) is 0 Å². The Morgan fingerprint density at radius 2 is 0.917 bits per heavy atom. The van der Waals surface area contributed by atoms with E-state index in [9.17, 15) is 9.59 Å². The number of anilines is 4. The molecule has 0 fully saturated rings. The second kappa shape index (κ2) is 10.6. The molecular weight excluding hydrogens is 484 g/mol. The maximum absolute atomic E-state index is 14.3. The van der Waals surface area contributed by atoms with E-state index in [2.05, 4.69) is 24.5 Å². The molecule has 1 aliphatic carbocycles. The summed E-state index contributed by atoms with van der Waals surface area (Å²) in [5.41, 5.74) is 4.82. The number of nitrogens with one attached hydrogen (secondary N) is 2. The molecule has 180 valence electrons. The molecule has 0 unspecified atom stereocenters. The van der Waals surface area contributed by atoms with Crippen LogP contribution >= 0.6 is 23.5 Å². The van der Waals surface area contributed by atoms with E-state index in [0.717, 1.165) is 32.7 Å². The van der Waals surface area contributed by atoms with Gasteiger partial charge in [0, 0.05) is 32.3 Å². The van der Waals surface area contributed by atoms with Gasteiger partial charge in [0.05, 0.1) is 22.5 Å². The Morgan fingerprint density at radius 3 is 1.28 bits per heavy atom. The fraction of sp³-hybridized carbons (Fsp3) is 0.133. The number of ketones is 2. The van der Waals surface area contributed by atoms with E-state index in [0.29, 0.717) is 33.6 Å². The summed E-state index contributed by atoms with van der Waals surface area (Å²) >= 11 is 3.19. The Kier molecular flexibility index (Phi) is 7.16. The molecule has 0 saturated carbocycles. The molecule has 0 atom stereocenters. The van der Waals surface area contributed by atoms with Crippen LogP contribution in [-0.2, 0) is 0 Å². The van der Waals surface area contributed by atoms with Gasteiger partial charge in [-0.15, -0.1) is 23.5 Å². The van der Waals surface area contributed by atoms with Crippen molar-refractivity contribution in [1.82, 2.24) is 0 Å². The van der Waals surface area contributed by atoms with Gasteiger partial charge in [0.2, 0.25) is 0 Å². The number of hydrogen-bond acceptors (Lipinski definition) is 6. The van der Waals surface area contributed by atoms with E-state index >= 15 is 0 Å². The molecule has 2 N–H and O–H groups in total. The molecule has 0 bridgehead atoms. The third-order valence-electron chi connectivity index (χ3n) is 5.95. The standard InChI is InChI=1S/C30H26N2O2S2/c1-3-35-23-17-18-24(36-4-2)28-27(23)29(33)25-21(31-19-11-7-5-8-12-19)15-16-22(26(25)30(28)34)32-20-13-9-6-10-14-20/h5-18,31-32H,3-4H2,1-2H3. The van der Waals surface area contributed by atoms with Gasteiger partial charge >= 0.3 is 0 Å². The minimum atomic E-state index is -0.121. The van der Waals surface area contributed by atoms with Crippen LogP contribution in [0.2, 0.25) is 0 Å². The Balaban J connectivity index is 1.74. The highest BCUT2D eigenvalue weighted by atomic mass is 32.2. The molecule has 5 rings (SSSR count). The molecular formula is C30H26N2O2S2. The zero-order valence-corrected chi connectivity index (χ0v) is 21.8. The van der Waals surface area contributed by atoms with Crippen molar-refractivity contribution in [3.8, 4) is 0 Å². The number of fused-ring (bicyclic) bond motifs is 2. The fourth-order valence-corrected chi connectivity index (χ4v) is 6.08. The minimum absolute atomic E-state index is 0.121. The van der Waals surface area contributed by atoms with Crippen LogP contribution < -0.4 is 10.6 Å². The van der Waals surface area contributed by atoms with Gasteiger partial charge in [-0.2, -0.15) is 0 Å². The van der Waals surface area contributed by atoms with E-state index in [1.54, 1.807) is 23.5 Å². The molecule has 4 aromatic carbocycles. The first-order valence-electron chi connectivity index (χ1n) is 12.0. The summed E-state index contributed by atoms with van der Waals surface area (Å²) in [5.74, 6) is 1.38. The van der Waals surface area contributed by atoms with Crippen molar-refractivity contribution in [2.75, 3.05) is 22.1 Å². The van der Waals surface area contributed by atoms with Crippen LogP contribution in [0, 0.1) is 0 Å². The van der Waals surface area contributed by atoms with Gasteiger partial charge in [-0.3, -0.25) is 9.59 Å². The second-order valence-electron chi connectivity index (χ2n) is 8.23. The number of rotatable bonds is 8. The Labute approximate surface area is 219 Å². The molecule has 0 radical (unpaired) electrons. The lowest BCUT2D eigenvalue weighted by Gasteiger charge is -2.26. The maximum atomic E-state index is 14.3. The molecule has 1 aliphatic rings. The van der Waals surface area contributed by atoms with Crippen LogP contribution in [0.3, 0.4) is 0 Å². The van der Waals surface area contributed by atoms with Crippen molar-refractivity contribution in [3.05, 3.63) is 107 Å². The normalized spacial score (nSPS) is 12.2. The average Bonchev–Trinajstić information content (AvgIpc) is 2.90. The minimum Gasteiger partial charge on any atom is -0.355 e. The van der Waals surface area contributed by atoms with Crippen LogP contribution in [0.5, 0.6) is 0 Å². The number of carbonyl (C=O) groups excluding carboxylic acids is 2. The highest BCUT2D eigenvalue weighted by Gasteiger charge is 2.37. The summed E-state index contributed by atoms with van der Waals surface area (Å²) in [7, 11) is 0. The topological polar surface area (TPSA) is 58.2 Å². The molecule has 4 nitrogen and oxygen atoms in total. The highest BCUT2D eigenvalue weighted by molar-refractivity contribution is 7.99. The van der Waals surface area contributed by atoms with Crippen molar-refractivity contribution in [1.29, 1.82) is 0 Å². The number of benzene rings is 4. The summed E-state index contributed by atoms with van der Waals surface area (Å²) in [6, 6.07) is 27.1. The summed E-state index contributed by atoms with van der Waals surface area (Å²) in [6.07, 6.45) is 0. The van der Waals surface area contributed by atoms with Crippen molar-refractivity contribution in [2.45, 2.75) is 23.6 Å². The second-order valence-corrected chi connectivity index (χ2v) is 10.8. The van der Waals surface area contributed by atoms with Crippen molar-refractivity contribution < 1.29 is 9.59 Å². The van der Waals surface area contributed by atoms with E-state index in [4.69, 9.17) is 0 Å². The summed E-state index contributed by atoms with van der Waals surface area (Å²) in [6.45, 7) is 4.11. The van der Waals surface area contributed by atoms with Crippen LogP contribution in [0.25, 0.3) is 0 Å². The van der Waals surface area contributed by atoms with Crippen molar-refractivity contribution >= 4 is 57.8 Å². The molecule has 0 spiro atoms. The Hall–Kier alpha value is -3.48. The molecule has 36 heavy (non-hydrogen) atoms. The molecule has 0 saturated heterocycles. The fourth-order valence-electron chi connectivity index (χ4n) is 4.45. The lowest BCUT2D eigenvalue weighted by atomic mass is 9.82. The van der Waals surface area contributed by atoms with E-state index in [-0.39, 0.29) is 11.6 Å². The summed E-state index contributed by atoms with van der Waals surface area (Å²) in [5, 5.41) is 6.77. The third-order valence-corrected chi connectivity index (χ3v) is 7.83. The zero-order chi connectivity index (χ0) is 25.1. The van der Waals surface area contributed by atoms with E-state index in [1.165, 1.54) is 0 Å². The maximum Gasteiger partial charge on any atom is 0.197 e. The van der Waals surface area contributed by atoms with Crippen molar-refractivity contribution in [2.24, 2.45) is 0 Å². The van der Waals surface area contributed by atoms with Gasteiger partial charge in [0.1, 0.15) is 0 Å². The lowest BCUT2D eigenvalue weighted by Crippen LogP contribution is -2.25. The van der Waals surface area contributed by atoms with Crippen LogP contribution in [0.1, 0.15) is 45.7 Å². The Bertz CT molecular complexity index is 1330. The van der Waals surface area contributed by atoms with Gasteiger partial charge in [-0.25, -0.2) is 0 Å². The van der Waals surface area contributed by atoms with Gasteiger partial charge in [-0.1, -0.05) is 50.2 Å². The SMILES string of the molecule is CCSc1ccc(SCC)c2c1C(=O)c1c(Nc3ccccc3)ccc(Nc3ccccc3)c1C2=O. The predicted octanol–water partition coefficient (Wildman–Crippen LogP) is 8.17. The van der Waals surface area contributed by atoms with E-state index < -0.39 is 0 Å². The largest absolute Gasteiger partial charge is 0.355 e. The predicted molar refractivity (Wildman–Crippen MR) is 152 cm³/mol. The number of hydrogen-bond donors (Lipinski definition) is 2. The molecule has 0 aliphatic heterocycles. The number of para-hydroxylation sites is 2. The van der Waals surface area contributed by atoms with Gasteiger partial charge in [-0.05, 0) is 60.0 Å². The number of carbonyl (C=O) groups is 2. The Morgan fingerprint density at radius 1 is 0.528 bits per heavy atom. The average molecular weight is 511 g/mol. The lowest BCUT2D eigenvalue weighted by molar-refractivity contribution is 0.0976. The quantitative estimate of drug-likeness (QED) is 0.205. The highest BCUT2D eigenvalue weighted by Crippen LogP contribution is 2.44. The van der Waals surface area contributed by atoms with Crippen LogP contribution in [0.4, 0.5) is 22.7 Å².